The number of nitrogens with one attached hydrogen (secondary N) is 1. The summed E-state index contributed by atoms with van der Waals surface area (Å²) in [4.78, 5) is 45.7. The van der Waals surface area contributed by atoms with Crippen LogP contribution >= 0.6 is 11.3 Å². The molecule has 4 aromatic heterocycles. The highest BCUT2D eigenvalue weighted by Crippen LogP contribution is 2.35. The smallest absolute Gasteiger partial charge is 0.311 e. The molecule has 48 heavy (non-hydrogen) atoms. The van der Waals surface area contributed by atoms with Crippen LogP contribution < -0.4 is 5.32 Å². The second-order valence-corrected chi connectivity index (χ2v) is 12.8. The lowest BCUT2D eigenvalue weighted by Gasteiger charge is -2.28. The van der Waals surface area contributed by atoms with Gasteiger partial charge in [0.15, 0.2) is 12.5 Å². The summed E-state index contributed by atoms with van der Waals surface area (Å²) in [6.07, 6.45) is 10.5. The average Bonchev–Trinajstić information content (AvgIpc) is 3.86. The quantitative estimate of drug-likeness (QED) is 0.148. The van der Waals surface area contributed by atoms with Gasteiger partial charge in [-0.25, -0.2) is 19.0 Å². The molecule has 0 aliphatic heterocycles. The maximum absolute atomic E-state index is 14.8. The van der Waals surface area contributed by atoms with Gasteiger partial charge in [0, 0.05) is 29.9 Å². The molecule has 2 aliphatic carbocycles. The first kappa shape index (κ1) is 33.3. The Morgan fingerprint density at radius 2 is 1.79 bits per heavy atom. The largest absolute Gasteiger partial charge is 0.481 e. The van der Waals surface area contributed by atoms with Gasteiger partial charge >= 0.3 is 11.9 Å². The molecule has 2 aliphatic rings. The maximum atomic E-state index is 14.8. The number of hydrogen-bond donors (Lipinski definition) is 2. The van der Waals surface area contributed by atoms with Gasteiger partial charge in [0.1, 0.15) is 22.1 Å². The zero-order valence-corrected chi connectivity index (χ0v) is 27.0. The fraction of sp³-hybridized carbons (Fsp3) is 0.469. The number of aromatic nitrogens is 6. The summed E-state index contributed by atoms with van der Waals surface area (Å²) in [5.41, 5.74) is 0.493. The molecule has 0 unspecified atom stereocenters. The van der Waals surface area contributed by atoms with E-state index in [4.69, 9.17) is 9.47 Å². The summed E-state index contributed by atoms with van der Waals surface area (Å²) in [5, 5.41) is 23.0. The Morgan fingerprint density at radius 1 is 1.02 bits per heavy atom. The molecule has 2 N–H and O–H groups in total. The molecule has 16 heteroatoms. The van der Waals surface area contributed by atoms with E-state index in [1.807, 2.05) is 6.92 Å². The zero-order valence-electron chi connectivity index (χ0n) is 26.2. The van der Waals surface area contributed by atoms with Crippen LogP contribution in [0.1, 0.15) is 74.8 Å². The summed E-state index contributed by atoms with van der Waals surface area (Å²) < 4.78 is 43.1. The number of hydrogen-bond acceptors (Lipinski definition) is 10. The van der Waals surface area contributed by atoms with Crippen molar-refractivity contribution in [1.82, 2.24) is 29.5 Å². The number of anilines is 1. The molecule has 6 rings (SSSR count). The van der Waals surface area contributed by atoms with E-state index in [0.717, 1.165) is 50.7 Å². The Labute approximate surface area is 278 Å². The van der Waals surface area contributed by atoms with Crippen LogP contribution in [0.4, 0.5) is 14.5 Å². The van der Waals surface area contributed by atoms with Gasteiger partial charge in [-0.3, -0.25) is 19.1 Å². The summed E-state index contributed by atoms with van der Waals surface area (Å²) in [6, 6.07) is 1.86. The van der Waals surface area contributed by atoms with Crippen molar-refractivity contribution in [2.75, 3.05) is 11.9 Å². The van der Waals surface area contributed by atoms with Crippen LogP contribution in [-0.4, -0.2) is 65.2 Å². The maximum Gasteiger partial charge on any atom is 0.311 e. The number of carboxylic acid groups (broad SMARTS) is 1. The van der Waals surface area contributed by atoms with E-state index < -0.39 is 41.4 Å². The number of thiazole rings is 1. The number of carbonyl (C=O) groups excluding carboxylic acids is 2. The number of halogens is 2. The van der Waals surface area contributed by atoms with Crippen molar-refractivity contribution in [3.8, 4) is 22.0 Å². The normalized spacial score (nSPS) is 21.1. The monoisotopic (exact) mass is 683 g/mol. The fourth-order valence-electron chi connectivity index (χ4n) is 6.33. The molecule has 2 atom stereocenters. The third-order valence-electron chi connectivity index (χ3n) is 8.78. The van der Waals surface area contributed by atoms with Gasteiger partial charge in [0.05, 0.1) is 35.9 Å². The molecule has 1 amide bonds. The van der Waals surface area contributed by atoms with E-state index >= 15 is 0 Å². The van der Waals surface area contributed by atoms with Crippen molar-refractivity contribution in [3.05, 3.63) is 53.6 Å². The van der Waals surface area contributed by atoms with Crippen LogP contribution in [0.5, 0.6) is 0 Å². The van der Waals surface area contributed by atoms with Crippen molar-refractivity contribution in [3.63, 3.8) is 0 Å². The van der Waals surface area contributed by atoms with Gasteiger partial charge < -0.3 is 19.9 Å². The predicted octanol–water partition coefficient (Wildman–Crippen LogP) is 5.71. The summed E-state index contributed by atoms with van der Waals surface area (Å²) >= 11 is 1.19. The molecule has 2 fully saturated rings. The van der Waals surface area contributed by atoms with Gasteiger partial charge in [0.25, 0.3) is 5.91 Å². The average molecular weight is 684 g/mol. The van der Waals surface area contributed by atoms with Crippen LogP contribution in [0.2, 0.25) is 0 Å². The lowest BCUT2D eigenvalue weighted by Crippen LogP contribution is -2.34. The van der Waals surface area contributed by atoms with Crippen molar-refractivity contribution in [1.29, 1.82) is 0 Å². The highest BCUT2D eigenvalue weighted by Gasteiger charge is 2.37. The number of esters is 1. The SMILES string of the molecule is CCOC1CCC(n2cc(NC(=O)c3csc(-c4cnn(COC(=O)[C@@H]5CCCC[C@@H]5C(=O)O)c4)n3)c(-c3nc(F)ccc3F)n2)CC1. The number of nitrogens with zero attached hydrogens (tertiary/aromatic N) is 6. The number of aliphatic carboxylic acids is 1. The standard InChI is InChI=1S/C32H35F2N7O6S/c1-2-46-20-9-7-19(8-10-20)41-15-24(28(39-41)27-23(33)11-12-26(34)38-27)36-29(42)25-16-48-30(37-25)18-13-35-40(14-18)17-47-32(45)22-6-4-3-5-21(22)31(43)44/h11-16,19-22H,2-10,17H2,1H3,(H,36,42)(H,43,44)/t19?,20?,21-,22+/m0/s1. The van der Waals surface area contributed by atoms with Gasteiger partial charge in [-0.1, -0.05) is 12.8 Å². The molecule has 0 bridgehead atoms. The predicted molar refractivity (Wildman–Crippen MR) is 169 cm³/mol. The Hall–Kier alpha value is -4.57. The number of pyridine rings is 1. The molecule has 0 aromatic carbocycles. The van der Waals surface area contributed by atoms with Crippen LogP contribution in [0.3, 0.4) is 0 Å². The van der Waals surface area contributed by atoms with Crippen LogP contribution in [0.15, 0.2) is 36.1 Å². The number of amides is 1. The van der Waals surface area contributed by atoms with E-state index in [1.54, 1.807) is 22.5 Å². The Morgan fingerprint density at radius 3 is 2.54 bits per heavy atom. The zero-order chi connectivity index (χ0) is 33.8. The van der Waals surface area contributed by atoms with E-state index in [1.165, 1.54) is 22.2 Å². The third kappa shape index (κ3) is 7.44. The van der Waals surface area contributed by atoms with Crippen molar-refractivity contribution in [2.45, 2.75) is 77.2 Å². The Kier molecular flexibility index (Phi) is 10.2. The van der Waals surface area contributed by atoms with Crippen LogP contribution in [-0.2, 0) is 25.8 Å². The van der Waals surface area contributed by atoms with Crippen molar-refractivity contribution in [2.24, 2.45) is 11.8 Å². The minimum absolute atomic E-state index is 0.00135. The first-order chi connectivity index (χ1) is 23.2. The van der Waals surface area contributed by atoms with Crippen molar-refractivity contribution >= 4 is 34.9 Å². The molecule has 4 heterocycles. The second-order valence-electron chi connectivity index (χ2n) is 11.9. The molecule has 0 saturated heterocycles. The lowest BCUT2D eigenvalue weighted by atomic mass is 9.79. The number of ether oxygens (including phenoxy) is 2. The summed E-state index contributed by atoms with van der Waals surface area (Å²) in [5.74, 6) is -5.26. The van der Waals surface area contributed by atoms with Gasteiger partial charge in [-0.05, 0) is 57.6 Å². The minimum atomic E-state index is -0.996. The van der Waals surface area contributed by atoms with E-state index in [2.05, 4.69) is 25.5 Å². The Balaban J connectivity index is 1.14. The van der Waals surface area contributed by atoms with Gasteiger partial charge in [-0.2, -0.15) is 14.6 Å². The molecule has 0 radical (unpaired) electrons. The molecular formula is C32H35F2N7O6S. The lowest BCUT2D eigenvalue weighted by molar-refractivity contribution is -0.162. The summed E-state index contributed by atoms with van der Waals surface area (Å²) in [7, 11) is 0. The highest BCUT2D eigenvalue weighted by molar-refractivity contribution is 7.13. The first-order valence-corrected chi connectivity index (χ1v) is 16.8. The molecule has 13 nitrogen and oxygen atoms in total. The molecular weight excluding hydrogens is 648 g/mol. The second kappa shape index (κ2) is 14.7. The van der Waals surface area contributed by atoms with E-state index in [9.17, 15) is 28.3 Å². The molecule has 254 valence electrons. The summed E-state index contributed by atoms with van der Waals surface area (Å²) in [6.45, 7) is 2.39. The fourth-order valence-corrected chi connectivity index (χ4v) is 7.10. The first-order valence-electron chi connectivity index (χ1n) is 15.9. The Bertz CT molecular complexity index is 1780. The van der Waals surface area contributed by atoms with E-state index in [-0.39, 0.29) is 41.6 Å². The van der Waals surface area contributed by atoms with Gasteiger partial charge in [-0.15, -0.1) is 11.3 Å². The van der Waals surface area contributed by atoms with Crippen LogP contribution in [0.25, 0.3) is 22.0 Å². The van der Waals surface area contributed by atoms with Gasteiger partial charge in [0.2, 0.25) is 5.95 Å². The van der Waals surface area contributed by atoms with E-state index in [0.29, 0.717) is 30.0 Å². The minimum Gasteiger partial charge on any atom is -0.481 e. The third-order valence-corrected chi connectivity index (χ3v) is 9.67. The number of rotatable bonds is 11. The molecule has 2 saturated carbocycles. The topological polar surface area (TPSA) is 163 Å². The van der Waals surface area contributed by atoms with Crippen LogP contribution in [0, 0.1) is 23.6 Å². The highest BCUT2D eigenvalue weighted by atomic mass is 32.1. The number of carboxylic acids is 1. The number of carbonyl (C=O) groups is 3. The molecule has 0 spiro atoms. The van der Waals surface area contributed by atoms with Crippen molar-refractivity contribution < 1.29 is 37.7 Å². The molecule has 4 aromatic rings.